The third-order valence-electron chi connectivity index (χ3n) is 6.59. The Labute approximate surface area is 220 Å². The first kappa shape index (κ1) is 25.5. The van der Waals surface area contributed by atoms with E-state index < -0.39 is 11.6 Å². The Hall–Kier alpha value is -4.17. The second kappa shape index (κ2) is 10.3. The van der Waals surface area contributed by atoms with Crippen LogP contribution in [0.2, 0.25) is 0 Å². The van der Waals surface area contributed by atoms with Crippen molar-refractivity contribution in [3.05, 3.63) is 123 Å². The molecular formula is C30H31FN6O. The summed E-state index contributed by atoms with van der Waals surface area (Å²) in [5, 5.41) is 13.7. The number of tetrazole rings is 1. The molecule has 0 aliphatic heterocycles. The van der Waals surface area contributed by atoms with Crippen LogP contribution in [0, 0.1) is 12.7 Å². The van der Waals surface area contributed by atoms with Gasteiger partial charge in [0, 0.05) is 24.2 Å². The number of H-pyrrole nitrogens is 1. The SMILES string of the molecule is Cc1ccc2cc([C@H](c3nnnn3C(C)(C)C)N(Cc3ccccc3)Cc3ccc(F)cc3)c(=O)[nH]c2c1. The van der Waals surface area contributed by atoms with Gasteiger partial charge < -0.3 is 4.98 Å². The van der Waals surface area contributed by atoms with Gasteiger partial charge in [-0.05, 0) is 84.5 Å². The maximum absolute atomic E-state index is 13.7. The van der Waals surface area contributed by atoms with Crippen molar-refractivity contribution in [2.75, 3.05) is 0 Å². The number of aromatic amines is 1. The van der Waals surface area contributed by atoms with Crippen molar-refractivity contribution in [1.29, 1.82) is 0 Å². The molecule has 0 spiro atoms. The Morgan fingerprint density at radius 1 is 0.947 bits per heavy atom. The standard InChI is InChI=1S/C30H31FN6O/c1-20-10-13-23-17-25(29(38)32-26(23)16-20)27(28-33-34-35-37(28)30(2,3)4)36(18-21-8-6-5-7-9-21)19-22-11-14-24(31)15-12-22/h5-17,27H,18-19H2,1-4H3,(H,32,38)/t27-/m1/s1. The molecule has 1 atom stereocenters. The van der Waals surface area contributed by atoms with Crippen LogP contribution in [0.15, 0.2) is 83.7 Å². The van der Waals surface area contributed by atoms with Crippen LogP contribution in [0.25, 0.3) is 10.9 Å². The lowest BCUT2D eigenvalue weighted by Gasteiger charge is -2.33. The van der Waals surface area contributed by atoms with Crippen LogP contribution < -0.4 is 5.56 Å². The van der Waals surface area contributed by atoms with E-state index in [1.54, 1.807) is 16.8 Å². The number of pyridine rings is 1. The molecule has 0 unspecified atom stereocenters. The average molecular weight is 511 g/mol. The van der Waals surface area contributed by atoms with E-state index in [2.05, 4.69) is 37.5 Å². The number of nitrogens with zero attached hydrogens (tertiary/aromatic N) is 5. The Bertz CT molecular complexity index is 1600. The quantitative estimate of drug-likeness (QED) is 0.312. The normalized spacial score (nSPS) is 12.8. The summed E-state index contributed by atoms with van der Waals surface area (Å²) in [5.41, 5.74) is 3.74. The highest BCUT2D eigenvalue weighted by atomic mass is 19.1. The van der Waals surface area contributed by atoms with Gasteiger partial charge in [0.05, 0.1) is 5.54 Å². The summed E-state index contributed by atoms with van der Waals surface area (Å²) in [7, 11) is 0. The molecule has 0 radical (unpaired) electrons. The zero-order valence-corrected chi connectivity index (χ0v) is 22.0. The van der Waals surface area contributed by atoms with Crippen molar-refractivity contribution in [2.24, 2.45) is 0 Å². The number of benzene rings is 3. The minimum Gasteiger partial charge on any atom is -0.322 e. The van der Waals surface area contributed by atoms with Crippen molar-refractivity contribution in [1.82, 2.24) is 30.1 Å². The zero-order valence-electron chi connectivity index (χ0n) is 22.0. The average Bonchev–Trinajstić information content (AvgIpc) is 3.37. The Balaban J connectivity index is 1.72. The van der Waals surface area contributed by atoms with Crippen LogP contribution in [0.3, 0.4) is 0 Å². The molecule has 194 valence electrons. The Kier molecular flexibility index (Phi) is 6.91. The number of nitrogens with one attached hydrogen (secondary N) is 1. The van der Waals surface area contributed by atoms with E-state index in [1.807, 2.05) is 70.2 Å². The maximum atomic E-state index is 13.7. The molecule has 0 aliphatic rings. The first-order chi connectivity index (χ1) is 18.2. The van der Waals surface area contributed by atoms with Gasteiger partial charge in [0.25, 0.3) is 5.56 Å². The van der Waals surface area contributed by atoms with Gasteiger partial charge in [-0.15, -0.1) is 5.10 Å². The highest BCUT2D eigenvalue weighted by Crippen LogP contribution is 2.32. The van der Waals surface area contributed by atoms with Gasteiger partial charge in [0.1, 0.15) is 11.9 Å². The zero-order chi connectivity index (χ0) is 26.9. The van der Waals surface area contributed by atoms with Gasteiger partial charge in [0.15, 0.2) is 5.82 Å². The molecule has 0 saturated heterocycles. The van der Waals surface area contributed by atoms with Gasteiger partial charge in [-0.1, -0.05) is 54.6 Å². The topological polar surface area (TPSA) is 79.7 Å². The number of aromatic nitrogens is 5. The van der Waals surface area contributed by atoms with Gasteiger partial charge in [-0.25, -0.2) is 9.07 Å². The minimum absolute atomic E-state index is 0.200. The van der Waals surface area contributed by atoms with Crippen molar-refractivity contribution in [3.8, 4) is 0 Å². The highest BCUT2D eigenvalue weighted by molar-refractivity contribution is 5.79. The number of hydrogen-bond acceptors (Lipinski definition) is 5. The predicted octanol–water partition coefficient (Wildman–Crippen LogP) is 5.51. The molecule has 0 amide bonds. The van der Waals surface area contributed by atoms with E-state index in [1.165, 1.54) is 12.1 Å². The first-order valence-corrected chi connectivity index (χ1v) is 12.6. The van der Waals surface area contributed by atoms with Gasteiger partial charge in [0.2, 0.25) is 0 Å². The predicted molar refractivity (Wildman–Crippen MR) is 146 cm³/mol. The number of halogens is 1. The molecule has 0 fully saturated rings. The summed E-state index contributed by atoms with van der Waals surface area (Å²) >= 11 is 0. The summed E-state index contributed by atoms with van der Waals surface area (Å²) in [4.78, 5) is 18.9. The number of aryl methyl sites for hydroxylation is 1. The molecule has 2 heterocycles. The summed E-state index contributed by atoms with van der Waals surface area (Å²) in [5.74, 6) is 0.269. The van der Waals surface area contributed by atoms with Crippen molar-refractivity contribution >= 4 is 10.9 Å². The third kappa shape index (κ3) is 5.40. The molecule has 8 heteroatoms. The molecule has 3 aromatic carbocycles. The highest BCUT2D eigenvalue weighted by Gasteiger charge is 2.33. The molecular weight excluding hydrogens is 479 g/mol. The van der Waals surface area contributed by atoms with E-state index in [4.69, 9.17) is 0 Å². The number of hydrogen-bond donors (Lipinski definition) is 1. The monoisotopic (exact) mass is 510 g/mol. The second-order valence-electron chi connectivity index (χ2n) is 10.7. The molecule has 0 saturated carbocycles. The van der Waals surface area contributed by atoms with Crippen LogP contribution in [-0.2, 0) is 18.6 Å². The van der Waals surface area contributed by atoms with Crippen molar-refractivity contribution < 1.29 is 4.39 Å². The summed E-state index contributed by atoms with van der Waals surface area (Å²) in [6.45, 7) is 9.04. The third-order valence-corrected chi connectivity index (χ3v) is 6.59. The van der Waals surface area contributed by atoms with Gasteiger partial charge in [-0.3, -0.25) is 9.69 Å². The fourth-order valence-corrected chi connectivity index (χ4v) is 4.76. The summed E-state index contributed by atoms with van der Waals surface area (Å²) < 4.78 is 15.5. The van der Waals surface area contributed by atoms with Gasteiger partial charge in [-0.2, -0.15) is 0 Å². The van der Waals surface area contributed by atoms with Crippen molar-refractivity contribution in [2.45, 2.75) is 52.4 Å². The molecule has 2 aromatic heterocycles. The molecule has 0 bridgehead atoms. The van der Waals surface area contributed by atoms with E-state index in [0.717, 1.165) is 27.6 Å². The Morgan fingerprint density at radius 3 is 2.32 bits per heavy atom. The lowest BCUT2D eigenvalue weighted by molar-refractivity contribution is 0.184. The van der Waals surface area contributed by atoms with Crippen LogP contribution in [-0.4, -0.2) is 30.1 Å². The second-order valence-corrected chi connectivity index (χ2v) is 10.7. The molecule has 5 aromatic rings. The fraction of sp³-hybridized carbons (Fsp3) is 0.267. The first-order valence-electron chi connectivity index (χ1n) is 12.6. The fourth-order valence-electron chi connectivity index (χ4n) is 4.76. The smallest absolute Gasteiger partial charge is 0.253 e. The number of fused-ring (bicyclic) bond motifs is 1. The van der Waals surface area contributed by atoms with Crippen LogP contribution in [0.1, 0.15) is 54.9 Å². The molecule has 5 rings (SSSR count). The molecule has 1 N–H and O–H groups in total. The summed E-state index contributed by atoms with van der Waals surface area (Å²) in [6.07, 6.45) is 0. The number of rotatable bonds is 7. The molecule has 7 nitrogen and oxygen atoms in total. The lowest BCUT2D eigenvalue weighted by atomic mass is 10.00. The minimum atomic E-state index is -0.580. The van der Waals surface area contributed by atoms with Gasteiger partial charge >= 0.3 is 0 Å². The lowest BCUT2D eigenvalue weighted by Crippen LogP contribution is -2.37. The maximum Gasteiger partial charge on any atom is 0.253 e. The van der Waals surface area contributed by atoms with Crippen LogP contribution in [0.5, 0.6) is 0 Å². The van der Waals surface area contributed by atoms with E-state index >= 15 is 0 Å². The van der Waals surface area contributed by atoms with E-state index in [9.17, 15) is 9.18 Å². The largest absolute Gasteiger partial charge is 0.322 e. The van der Waals surface area contributed by atoms with Crippen LogP contribution in [0.4, 0.5) is 4.39 Å². The van der Waals surface area contributed by atoms with Crippen LogP contribution >= 0.6 is 0 Å². The van der Waals surface area contributed by atoms with E-state index in [-0.39, 0.29) is 11.4 Å². The summed E-state index contributed by atoms with van der Waals surface area (Å²) in [6, 6.07) is 23.9. The van der Waals surface area contributed by atoms with E-state index in [0.29, 0.717) is 24.5 Å². The van der Waals surface area contributed by atoms with Crippen molar-refractivity contribution in [3.63, 3.8) is 0 Å². The Morgan fingerprint density at radius 2 is 1.63 bits per heavy atom. The molecule has 0 aliphatic carbocycles. The molecule has 38 heavy (non-hydrogen) atoms.